The van der Waals surface area contributed by atoms with E-state index in [1.165, 1.54) is 37.5 Å². The number of benzene rings is 4. The Morgan fingerprint density at radius 1 is 0.897 bits per heavy atom. The number of phenols is 1. The molecule has 1 amide bonds. The molecule has 1 heterocycles. The van der Waals surface area contributed by atoms with Crippen molar-refractivity contribution in [2.45, 2.75) is 19.3 Å². The maximum absolute atomic E-state index is 14.0. The SMILES string of the molecule is O=C(O)Nc1cc(F)ccc1-c1ccc2cc(O)ccc2c1C(=O)c1ccc(OCCN2CCCCC2)cc1. The van der Waals surface area contributed by atoms with Crippen LogP contribution in [0.15, 0.2) is 72.8 Å². The number of piperidine rings is 1. The first-order valence-corrected chi connectivity index (χ1v) is 12.9. The van der Waals surface area contributed by atoms with Crippen LogP contribution in [0, 0.1) is 5.82 Å². The molecule has 4 aromatic carbocycles. The average Bonchev–Trinajstić information content (AvgIpc) is 2.93. The van der Waals surface area contributed by atoms with Gasteiger partial charge in [0.25, 0.3) is 0 Å². The molecule has 0 spiro atoms. The van der Waals surface area contributed by atoms with Gasteiger partial charge >= 0.3 is 6.09 Å². The fourth-order valence-corrected chi connectivity index (χ4v) is 5.08. The number of hydrogen-bond acceptors (Lipinski definition) is 5. The molecule has 0 aromatic heterocycles. The van der Waals surface area contributed by atoms with Gasteiger partial charge in [0, 0.05) is 23.2 Å². The first-order valence-electron chi connectivity index (χ1n) is 12.9. The van der Waals surface area contributed by atoms with E-state index in [2.05, 4.69) is 10.2 Å². The number of aromatic hydroxyl groups is 1. The summed E-state index contributed by atoms with van der Waals surface area (Å²) in [5.41, 5.74) is 1.53. The van der Waals surface area contributed by atoms with Gasteiger partial charge in [0.15, 0.2) is 5.78 Å². The van der Waals surface area contributed by atoms with Crippen LogP contribution in [0.2, 0.25) is 0 Å². The Bertz CT molecular complexity index is 1510. The second-order valence-electron chi connectivity index (χ2n) is 9.62. The number of nitrogens with zero attached hydrogens (tertiary/aromatic N) is 1. The summed E-state index contributed by atoms with van der Waals surface area (Å²) >= 11 is 0. The van der Waals surface area contributed by atoms with E-state index < -0.39 is 11.9 Å². The molecule has 0 aliphatic carbocycles. The summed E-state index contributed by atoms with van der Waals surface area (Å²) in [5, 5.41) is 22.7. The largest absolute Gasteiger partial charge is 0.508 e. The van der Waals surface area contributed by atoms with E-state index in [4.69, 9.17) is 4.74 Å². The van der Waals surface area contributed by atoms with E-state index in [0.717, 1.165) is 25.7 Å². The molecule has 0 radical (unpaired) electrons. The smallest absolute Gasteiger partial charge is 0.409 e. The molecule has 0 atom stereocenters. The number of halogens is 1. The molecule has 200 valence electrons. The van der Waals surface area contributed by atoms with E-state index in [9.17, 15) is 24.2 Å². The van der Waals surface area contributed by atoms with Crippen molar-refractivity contribution in [3.05, 3.63) is 89.7 Å². The fraction of sp³-hybridized carbons (Fsp3) is 0.226. The molecular formula is C31H29FN2O5. The van der Waals surface area contributed by atoms with Gasteiger partial charge in [0.1, 0.15) is 23.9 Å². The topological polar surface area (TPSA) is 99.1 Å². The van der Waals surface area contributed by atoms with Gasteiger partial charge in [-0.2, -0.15) is 0 Å². The van der Waals surface area contributed by atoms with Gasteiger partial charge in [0.05, 0.1) is 5.69 Å². The van der Waals surface area contributed by atoms with E-state index in [-0.39, 0.29) is 17.2 Å². The average molecular weight is 529 g/mol. The number of carboxylic acid groups (broad SMARTS) is 1. The van der Waals surface area contributed by atoms with Crippen molar-refractivity contribution in [2.75, 3.05) is 31.6 Å². The molecule has 1 aliphatic heterocycles. The van der Waals surface area contributed by atoms with E-state index >= 15 is 0 Å². The first kappa shape index (κ1) is 26.2. The van der Waals surface area contributed by atoms with Gasteiger partial charge in [-0.3, -0.25) is 15.0 Å². The number of carbonyl (C=O) groups is 2. The zero-order valence-corrected chi connectivity index (χ0v) is 21.3. The molecule has 1 saturated heterocycles. The van der Waals surface area contributed by atoms with Crippen molar-refractivity contribution < 1.29 is 28.9 Å². The van der Waals surface area contributed by atoms with Crippen LogP contribution in [0.25, 0.3) is 21.9 Å². The Morgan fingerprint density at radius 2 is 1.64 bits per heavy atom. The summed E-state index contributed by atoms with van der Waals surface area (Å²) in [6.45, 7) is 3.62. The predicted octanol–water partition coefficient (Wildman–Crippen LogP) is 6.54. The highest BCUT2D eigenvalue weighted by atomic mass is 19.1. The number of amides is 1. The van der Waals surface area contributed by atoms with E-state index in [1.54, 1.807) is 48.5 Å². The standard InChI is InChI=1S/C31H29FN2O5/c32-22-7-12-26(28(19-22)33-31(37)38)27-11-6-21-18-23(35)8-13-25(21)29(27)30(36)20-4-9-24(10-5-20)39-17-16-34-14-2-1-3-15-34/h4-13,18-19,33,35H,1-3,14-17H2,(H,37,38). The molecular weight excluding hydrogens is 499 g/mol. The molecule has 1 fully saturated rings. The summed E-state index contributed by atoms with van der Waals surface area (Å²) in [4.78, 5) is 27.8. The lowest BCUT2D eigenvalue weighted by Crippen LogP contribution is -2.33. The summed E-state index contributed by atoms with van der Waals surface area (Å²) < 4.78 is 19.9. The van der Waals surface area contributed by atoms with Crippen LogP contribution in [-0.4, -0.2) is 53.2 Å². The van der Waals surface area contributed by atoms with Crippen LogP contribution in [0.3, 0.4) is 0 Å². The minimum atomic E-state index is -1.35. The molecule has 4 aromatic rings. The zero-order valence-electron chi connectivity index (χ0n) is 21.3. The molecule has 0 saturated carbocycles. The number of hydrogen-bond donors (Lipinski definition) is 3. The maximum Gasteiger partial charge on any atom is 0.409 e. The van der Waals surface area contributed by atoms with Crippen molar-refractivity contribution in [2.24, 2.45) is 0 Å². The Balaban J connectivity index is 1.48. The molecule has 39 heavy (non-hydrogen) atoms. The predicted molar refractivity (Wildman–Crippen MR) is 148 cm³/mol. The highest BCUT2D eigenvalue weighted by Gasteiger charge is 2.21. The number of anilines is 1. The first-order chi connectivity index (χ1) is 18.9. The second kappa shape index (κ2) is 11.5. The van der Waals surface area contributed by atoms with Crippen LogP contribution >= 0.6 is 0 Å². The summed E-state index contributed by atoms with van der Waals surface area (Å²) in [6, 6.07) is 18.7. The number of carbonyl (C=O) groups excluding carboxylic acids is 1. The summed E-state index contributed by atoms with van der Waals surface area (Å²) in [7, 11) is 0. The molecule has 1 aliphatic rings. The number of nitrogens with one attached hydrogen (secondary N) is 1. The highest BCUT2D eigenvalue weighted by molar-refractivity contribution is 6.21. The van der Waals surface area contributed by atoms with E-state index in [1.807, 2.05) is 0 Å². The van der Waals surface area contributed by atoms with Crippen LogP contribution in [-0.2, 0) is 0 Å². The van der Waals surface area contributed by atoms with Gasteiger partial charge in [-0.15, -0.1) is 0 Å². The number of phenolic OH excluding ortho intramolecular Hbond substituents is 1. The van der Waals surface area contributed by atoms with Gasteiger partial charge in [-0.05, 0) is 103 Å². The normalized spacial score (nSPS) is 13.8. The highest BCUT2D eigenvalue weighted by Crippen LogP contribution is 2.37. The minimum absolute atomic E-state index is 0.0205. The van der Waals surface area contributed by atoms with Gasteiger partial charge in [-0.1, -0.05) is 18.6 Å². The third-order valence-corrected chi connectivity index (χ3v) is 6.99. The monoisotopic (exact) mass is 528 g/mol. The molecule has 7 nitrogen and oxygen atoms in total. The number of ketones is 1. The molecule has 3 N–H and O–H groups in total. The van der Waals surface area contributed by atoms with Crippen LogP contribution in [0.1, 0.15) is 35.2 Å². The Morgan fingerprint density at radius 3 is 2.38 bits per heavy atom. The van der Waals surface area contributed by atoms with Crippen LogP contribution in [0.4, 0.5) is 14.9 Å². The lowest BCUT2D eigenvalue weighted by molar-refractivity contribution is 0.104. The fourth-order valence-electron chi connectivity index (χ4n) is 5.08. The van der Waals surface area contributed by atoms with Crippen molar-refractivity contribution in [1.82, 2.24) is 4.90 Å². The number of likely N-dealkylation sites (tertiary alicyclic amines) is 1. The number of ether oxygens (including phenoxy) is 1. The Hall–Kier alpha value is -4.43. The Labute approximate surface area is 225 Å². The molecule has 5 rings (SSSR count). The van der Waals surface area contributed by atoms with Gasteiger partial charge in [0.2, 0.25) is 0 Å². The number of rotatable bonds is 8. The van der Waals surface area contributed by atoms with Crippen molar-refractivity contribution >= 4 is 28.3 Å². The zero-order chi connectivity index (χ0) is 27.4. The minimum Gasteiger partial charge on any atom is -0.508 e. The van der Waals surface area contributed by atoms with Crippen molar-refractivity contribution in [3.63, 3.8) is 0 Å². The van der Waals surface area contributed by atoms with Crippen molar-refractivity contribution in [1.29, 1.82) is 0 Å². The Kier molecular flexibility index (Phi) is 7.74. The summed E-state index contributed by atoms with van der Waals surface area (Å²) in [5.74, 6) is -0.198. The van der Waals surface area contributed by atoms with E-state index in [0.29, 0.717) is 45.4 Å². The lowest BCUT2D eigenvalue weighted by Gasteiger charge is -2.26. The quantitative estimate of drug-likeness (QED) is 0.225. The third kappa shape index (κ3) is 6.02. The van der Waals surface area contributed by atoms with Crippen LogP contribution < -0.4 is 10.1 Å². The van der Waals surface area contributed by atoms with Gasteiger partial charge in [-0.25, -0.2) is 9.18 Å². The lowest BCUT2D eigenvalue weighted by atomic mass is 9.88. The molecule has 0 bridgehead atoms. The molecule has 8 heteroatoms. The maximum atomic E-state index is 14.0. The van der Waals surface area contributed by atoms with Crippen LogP contribution in [0.5, 0.6) is 11.5 Å². The third-order valence-electron chi connectivity index (χ3n) is 6.99. The second-order valence-corrected chi connectivity index (χ2v) is 9.62. The van der Waals surface area contributed by atoms with Crippen molar-refractivity contribution in [3.8, 4) is 22.6 Å². The van der Waals surface area contributed by atoms with Gasteiger partial charge < -0.3 is 14.9 Å². The summed E-state index contributed by atoms with van der Waals surface area (Å²) in [6.07, 6.45) is 2.37. The number of fused-ring (bicyclic) bond motifs is 1. The molecule has 0 unspecified atom stereocenters.